The molecule has 2 heterocycles. The number of halogens is 1. The Morgan fingerprint density at radius 1 is 1.35 bits per heavy atom. The lowest BCUT2D eigenvalue weighted by molar-refractivity contribution is 0.0952. The zero-order valence-corrected chi connectivity index (χ0v) is 10.7. The van der Waals surface area contributed by atoms with E-state index in [-0.39, 0.29) is 5.91 Å². The summed E-state index contributed by atoms with van der Waals surface area (Å²) in [7, 11) is 0. The number of hydrogen-bond acceptors (Lipinski definition) is 2. The molecule has 0 aromatic carbocycles. The maximum atomic E-state index is 11.7. The van der Waals surface area contributed by atoms with Gasteiger partial charge >= 0.3 is 0 Å². The van der Waals surface area contributed by atoms with Crippen molar-refractivity contribution in [2.24, 2.45) is 0 Å². The van der Waals surface area contributed by atoms with Gasteiger partial charge in [-0.25, -0.2) is 4.98 Å². The van der Waals surface area contributed by atoms with Crippen molar-refractivity contribution in [2.45, 2.75) is 6.54 Å². The van der Waals surface area contributed by atoms with Gasteiger partial charge in [-0.1, -0.05) is 0 Å². The average molecular weight is 294 g/mol. The Labute approximate surface area is 108 Å². The van der Waals surface area contributed by atoms with Crippen LogP contribution in [0.3, 0.4) is 0 Å². The van der Waals surface area contributed by atoms with Crippen molar-refractivity contribution in [3.63, 3.8) is 0 Å². The summed E-state index contributed by atoms with van der Waals surface area (Å²) < 4.78 is 2.74. The molecule has 0 spiro atoms. The lowest BCUT2D eigenvalue weighted by Crippen LogP contribution is -2.27. The highest BCUT2D eigenvalue weighted by Crippen LogP contribution is 2.05. The summed E-state index contributed by atoms with van der Waals surface area (Å²) in [5.41, 5.74) is 0.570. The molecule has 0 saturated heterocycles. The average Bonchev–Trinajstić information content (AvgIpc) is 2.83. The SMILES string of the molecule is O=C(NCCn1cccc1)c1ccc(Br)nc1. The molecule has 88 valence electrons. The molecule has 0 atom stereocenters. The number of nitrogens with zero attached hydrogens (tertiary/aromatic N) is 2. The van der Waals surface area contributed by atoms with E-state index in [4.69, 9.17) is 0 Å². The fourth-order valence-corrected chi connectivity index (χ4v) is 1.66. The second-order valence-corrected chi connectivity index (χ2v) is 4.36. The van der Waals surface area contributed by atoms with Gasteiger partial charge in [-0.15, -0.1) is 0 Å². The second-order valence-electron chi connectivity index (χ2n) is 3.55. The van der Waals surface area contributed by atoms with Gasteiger partial charge in [-0.2, -0.15) is 0 Å². The van der Waals surface area contributed by atoms with Crippen molar-refractivity contribution in [1.82, 2.24) is 14.9 Å². The summed E-state index contributed by atoms with van der Waals surface area (Å²) in [5.74, 6) is -0.0999. The van der Waals surface area contributed by atoms with Crippen LogP contribution in [0.5, 0.6) is 0 Å². The third-order valence-corrected chi connectivity index (χ3v) is 2.78. The van der Waals surface area contributed by atoms with Gasteiger partial charge in [0.1, 0.15) is 4.60 Å². The highest BCUT2D eigenvalue weighted by atomic mass is 79.9. The van der Waals surface area contributed by atoms with Crippen molar-refractivity contribution in [3.8, 4) is 0 Å². The minimum atomic E-state index is -0.0999. The molecule has 0 aliphatic carbocycles. The molecule has 1 N–H and O–H groups in total. The predicted octanol–water partition coefficient (Wildman–Crippen LogP) is 2.08. The Balaban J connectivity index is 1.83. The molecular weight excluding hydrogens is 282 g/mol. The fourth-order valence-electron chi connectivity index (χ4n) is 1.43. The molecule has 0 unspecified atom stereocenters. The predicted molar refractivity (Wildman–Crippen MR) is 68.7 cm³/mol. The molecule has 0 saturated carbocycles. The molecule has 5 heteroatoms. The van der Waals surface area contributed by atoms with Crippen LogP contribution in [-0.2, 0) is 6.54 Å². The minimum Gasteiger partial charge on any atom is -0.353 e. The molecule has 0 radical (unpaired) electrons. The number of carbonyl (C=O) groups is 1. The topological polar surface area (TPSA) is 46.9 Å². The van der Waals surface area contributed by atoms with Crippen LogP contribution in [0.15, 0.2) is 47.5 Å². The number of hydrogen-bond donors (Lipinski definition) is 1. The summed E-state index contributed by atoms with van der Waals surface area (Å²) in [4.78, 5) is 15.7. The number of amides is 1. The van der Waals surface area contributed by atoms with Crippen LogP contribution in [0.2, 0.25) is 0 Å². The van der Waals surface area contributed by atoms with E-state index < -0.39 is 0 Å². The van der Waals surface area contributed by atoms with E-state index in [1.807, 2.05) is 29.1 Å². The van der Waals surface area contributed by atoms with Crippen LogP contribution in [0.4, 0.5) is 0 Å². The van der Waals surface area contributed by atoms with E-state index in [0.717, 1.165) is 11.1 Å². The highest BCUT2D eigenvalue weighted by molar-refractivity contribution is 9.10. The molecule has 2 rings (SSSR count). The maximum absolute atomic E-state index is 11.7. The zero-order valence-electron chi connectivity index (χ0n) is 9.14. The Hall–Kier alpha value is -1.62. The lowest BCUT2D eigenvalue weighted by Gasteiger charge is -2.05. The highest BCUT2D eigenvalue weighted by Gasteiger charge is 2.04. The standard InChI is InChI=1S/C12H12BrN3O/c13-11-4-3-10(9-15-11)12(17)14-5-8-16-6-1-2-7-16/h1-4,6-7,9H,5,8H2,(H,14,17). The maximum Gasteiger partial charge on any atom is 0.252 e. The third-order valence-electron chi connectivity index (χ3n) is 2.31. The molecular formula is C12H12BrN3O. The van der Waals surface area contributed by atoms with Crippen molar-refractivity contribution < 1.29 is 4.79 Å². The van der Waals surface area contributed by atoms with E-state index in [0.29, 0.717) is 12.1 Å². The largest absolute Gasteiger partial charge is 0.353 e. The number of aromatic nitrogens is 2. The molecule has 0 aliphatic heterocycles. The van der Waals surface area contributed by atoms with Gasteiger partial charge in [0, 0.05) is 31.7 Å². The molecule has 1 amide bonds. The monoisotopic (exact) mass is 293 g/mol. The summed E-state index contributed by atoms with van der Waals surface area (Å²) in [6, 6.07) is 7.41. The molecule has 0 bridgehead atoms. The van der Waals surface area contributed by atoms with Crippen LogP contribution >= 0.6 is 15.9 Å². The molecule has 0 fully saturated rings. The molecule has 0 aliphatic rings. The van der Waals surface area contributed by atoms with Gasteiger partial charge in [-0.3, -0.25) is 4.79 Å². The number of nitrogens with one attached hydrogen (secondary N) is 1. The molecule has 17 heavy (non-hydrogen) atoms. The summed E-state index contributed by atoms with van der Waals surface area (Å²) in [5, 5.41) is 2.84. The molecule has 4 nitrogen and oxygen atoms in total. The van der Waals surface area contributed by atoms with Gasteiger partial charge in [0.05, 0.1) is 5.56 Å². The van der Waals surface area contributed by atoms with Crippen molar-refractivity contribution >= 4 is 21.8 Å². The van der Waals surface area contributed by atoms with Crippen molar-refractivity contribution in [2.75, 3.05) is 6.54 Å². The summed E-state index contributed by atoms with van der Waals surface area (Å²) in [6.45, 7) is 1.37. The number of rotatable bonds is 4. The smallest absolute Gasteiger partial charge is 0.252 e. The van der Waals surface area contributed by atoms with E-state index >= 15 is 0 Å². The van der Waals surface area contributed by atoms with E-state index in [1.54, 1.807) is 18.3 Å². The third kappa shape index (κ3) is 3.42. The van der Waals surface area contributed by atoms with Crippen LogP contribution in [0.25, 0.3) is 0 Å². The lowest BCUT2D eigenvalue weighted by atomic mass is 10.3. The van der Waals surface area contributed by atoms with Gasteiger partial charge in [0.2, 0.25) is 0 Å². The summed E-state index contributed by atoms with van der Waals surface area (Å²) >= 11 is 3.23. The first kappa shape index (κ1) is 11.9. The van der Waals surface area contributed by atoms with Crippen LogP contribution in [0, 0.1) is 0 Å². The van der Waals surface area contributed by atoms with E-state index in [2.05, 4.69) is 26.2 Å². The second kappa shape index (κ2) is 5.63. The zero-order chi connectivity index (χ0) is 12.1. The van der Waals surface area contributed by atoms with E-state index in [9.17, 15) is 4.79 Å². The normalized spacial score (nSPS) is 10.2. The van der Waals surface area contributed by atoms with Crippen molar-refractivity contribution in [3.05, 3.63) is 53.0 Å². The van der Waals surface area contributed by atoms with Gasteiger partial charge in [0.25, 0.3) is 5.91 Å². The first-order valence-electron chi connectivity index (χ1n) is 5.26. The quantitative estimate of drug-likeness (QED) is 0.878. The summed E-state index contributed by atoms with van der Waals surface area (Å²) in [6.07, 6.45) is 5.48. The fraction of sp³-hybridized carbons (Fsp3) is 0.167. The van der Waals surface area contributed by atoms with Crippen LogP contribution < -0.4 is 5.32 Å². The Morgan fingerprint density at radius 3 is 2.76 bits per heavy atom. The van der Waals surface area contributed by atoms with Gasteiger partial charge in [-0.05, 0) is 40.2 Å². The number of pyridine rings is 1. The first-order valence-corrected chi connectivity index (χ1v) is 6.05. The minimum absolute atomic E-state index is 0.0999. The Kier molecular flexibility index (Phi) is 3.93. The molecule has 2 aromatic heterocycles. The number of carbonyl (C=O) groups excluding carboxylic acids is 1. The Bertz CT molecular complexity index is 479. The van der Waals surface area contributed by atoms with E-state index in [1.165, 1.54) is 0 Å². The first-order chi connectivity index (χ1) is 8.25. The van der Waals surface area contributed by atoms with Gasteiger partial charge in [0.15, 0.2) is 0 Å². The Morgan fingerprint density at radius 2 is 2.12 bits per heavy atom. The van der Waals surface area contributed by atoms with Gasteiger partial charge < -0.3 is 9.88 Å². The van der Waals surface area contributed by atoms with Crippen molar-refractivity contribution in [1.29, 1.82) is 0 Å². The molecule has 2 aromatic rings. The van der Waals surface area contributed by atoms with Crippen LogP contribution in [0.1, 0.15) is 10.4 Å². The van der Waals surface area contributed by atoms with Crippen LogP contribution in [-0.4, -0.2) is 22.0 Å².